The fraction of sp³-hybridized carbons (Fsp3) is 0.389. The second-order valence-corrected chi connectivity index (χ2v) is 8.85. The zero-order chi connectivity index (χ0) is 19.2. The molecule has 0 aromatic carbocycles. The van der Waals surface area contributed by atoms with E-state index in [4.69, 9.17) is 27.6 Å². The number of hydrogen-bond acceptors (Lipinski definition) is 5. The molecule has 0 spiro atoms. The Morgan fingerprint density at radius 3 is 2.70 bits per heavy atom. The number of thioether (sulfide) groups is 1. The first kappa shape index (κ1) is 18.7. The van der Waals surface area contributed by atoms with Crippen molar-refractivity contribution in [3.8, 4) is 0 Å². The number of halogens is 2. The Labute approximate surface area is 170 Å². The minimum absolute atomic E-state index is 0.107. The Balaban J connectivity index is 1.34. The summed E-state index contributed by atoms with van der Waals surface area (Å²) in [4.78, 5) is 28.9. The minimum atomic E-state index is -0.455. The van der Waals surface area contributed by atoms with Crippen molar-refractivity contribution in [1.82, 2.24) is 10.3 Å². The highest BCUT2D eigenvalue weighted by Gasteiger charge is 2.72. The second kappa shape index (κ2) is 6.72. The summed E-state index contributed by atoms with van der Waals surface area (Å²) < 4.78 is 5.55. The van der Waals surface area contributed by atoms with Crippen LogP contribution in [0.2, 0.25) is 10.2 Å². The van der Waals surface area contributed by atoms with Gasteiger partial charge < -0.3 is 15.1 Å². The quantitative estimate of drug-likeness (QED) is 0.679. The summed E-state index contributed by atoms with van der Waals surface area (Å²) >= 11 is 13.5. The molecule has 0 aliphatic heterocycles. The lowest BCUT2D eigenvalue weighted by Crippen LogP contribution is -2.77. The zero-order valence-corrected chi connectivity index (χ0v) is 16.8. The van der Waals surface area contributed by atoms with Crippen LogP contribution in [0.3, 0.4) is 0 Å². The third-order valence-corrected chi connectivity index (χ3v) is 6.22. The number of pyridine rings is 1. The lowest BCUT2D eigenvalue weighted by Gasteiger charge is -2.68. The number of nitrogens with zero attached hydrogens (tertiary/aromatic N) is 1. The third kappa shape index (κ3) is 3.32. The molecule has 9 heteroatoms. The molecule has 3 fully saturated rings. The smallest absolute Gasteiger partial charge is 0.287 e. The average Bonchev–Trinajstić information content (AvgIpc) is 3.01. The fourth-order valence-corrected chi connectivity index (χ4v) is 4.79. The summed E-state index contributed by atoms with van der Waals surface area (Å²) in [6.45, 7) is 0. The van der Waals surface area contributed by atoms with E-state index in [9.17, 15) is 9.59 Å². The molecule has 3 aliphatic rings. The van der Waals surface area contributed by atoms with Crippen molar-refractivity contribution in [2.75, 3.05) is 11.6 Å². The highest BCUT2D eigenvalue weighted by Crippen LogP contribution is 2.67. The van der Waals surface area contributed by atoms with Crippen molar-refractivity contribution >= 4 is 52.5 Å². The topological polar surface area (TPSA) is 84.2 Å². The molecule has 0 atom stereocenters. The van der Waals surface area contributed by atoms with E-state index in [0.29, 0.717) is 35.7 Å². The number of nitrogens with one attached hydrogen (secondary N) is 2. The van der Waals surface area contributed by atoms with E-state index in [1.54, 1.807) is 17.8 Å². The molecule has 27 heavy (non-hydrogen) atoms. The van der Waals surface area contributed by atoms with Crippen LogP contribution in [0.5, 0.6) is 0 Å². The van der Waals surface area contributed by atoms with Gasteiger partial charge in [-0.05, 0) is 43.7 Å². The summed E-state index contributed by atoms with van der Waals surface area (Å²) in [7, 11) is 0. The molecular formula is C18H17Cl2N3O3S. The number of amides is 2. The number of anilines is 1. The third-order valence-electron chi connectivity index (χ3n) is 5.13. The molecule has 2 N–H and O–H groups in total. The van der Waals surface area contributed by atoms with E-state index in [0.717, 1.165) is 11.5 Å². The lowest BCUT2D eigenvalue weighted by atomic mass is 9.39. The van der Waals surface area contributed by atoms with E-state index >= 15 is 0 Å². The minimum Gasteiger partial charge on any atom is -0.455 e. The molecular weight excluding hydrogens is 409 g/mol. The molecule has 2 aromatic heterocycles. The van der Waals surface area contributed by atoms with E-state index in [1.165, 1.54) is 12.3 Å². The van der Waals surface area contributed by atoms with Gasteiger partial charge in [-0.2, -0.15) is 11.8 Å². The first-order valence-corrected chi connectivity index (χ1v) is 10.5. The predicted octanol–water partition coefficient (Wildman–Crippen LogP) is 4.14. The van der Waals surface area contributed by atoms with Gasteiger partial charge in [0.05, 0.1) is 28.1 Å². The van der Waals surface area contributed by atoms with Gasteiger partial charge >= 0.3 is 0 Å². The number of aromatic nitrogens is 1. The second-order valence-electron chi connectivity index (χ2n) is 7.19. The fourth-order valence-electron chi connectivity index (χ4n) is 3.94. The van der Waals surface area contributed by atoms with E-state index < -0.39 is 5.41 Å². The van der Waals surface area contributed by atoms with Crippen molar-refractivity contribution in [3.63, 3.8) is 0 Å². The molecule has 0 unspecified atom stereocenters. The summed E-state index contributed by atoms with van der Waals surface area (Å²) in [5.41, 5.74) is -0.336. The molecule has 3 aliphatic carbocycles. The summed E-state index contributed by atoms with van der Waals surface area (Å²) in [5, 5.41) is 6.44. The van der Waals surface area contributed by atoms with Gasteiger partial charge in [0.2, 0.25) is 5.91 Å². The maximum atomic E-state index is 12.6. The highest BCUT2D eigenvalue weighted by atomic mass is 35.5. The van der Waals surface area contributed by atoms with Crippen LogP contribution in [0.4, 0.5) is 5.69 Å². The van der Waals surface area contributed by atoms with Crippen molar-refractivity contribution in [3.05, 3.63) is 46.1 Å². The molecule has 2 aromatic rings. The molecule has 0 saturated heterocycles. The van der Waals surface area contributed by atoms with Gasteiger partial charge in [-0.3, -0.25) is 9.59 Å². The van der Waals surface area contributed by atoms with Crippen LogP contribution >= 0.6 is 35.0 Å². The van der Waals surface area contributed by atoms with Gasteiger partial charge in [0.15, 0.2) is 5.76 Å². The van der Waals surface area contributed by atoms with Crippen LogP contribution in [0, 0.1) is 5.41 Å². The standard InChI is InChI=1S/C18H17Cl2N3O3S/c1-27-6-10-2-3-13(26-10)15(24)23-18-7-17(8-18,9-18)16(25)22-12-5-21-14(20)4-11(12)19/h2-5H,6-9H2,1H3,(H,22,25)(H,23,24). The number of hydrogen-bond donors (Lipinski definition) is 2. The number of carbonyl (C=O) groups excluding carboxylic acids is 2. The maximum Gasteiger partial charge on any atom is 0.287 e. The van der Waals surface area contributed by atoms with Gasteiger partial charge in [0.1, 0.15) is 10.9 Å². The van der Waals surface area contributed by atoms with Gasteiger partial charge in [0, 0.05) is 5.54 Å². The molecule has 142 valence electrons. The predicted molar refractivity (Wildman–Crippen MR) is 105 cm³/mol. The van der Waals surface area contributed by atoms with Gasteiger partial charge in [0.25, 0.3) is 5.91 Å². The molecule has 2 heterocycles. The van der Waals surface area contributed by atoms with Crippen LogP contribution in [0.25, 0.3) is 0 Å². The van der Waals surface area contributed by atoms with Crippen LogP contribution in [0.1, 0.15) is 35.6 Å². The Hall–Kier alpha value is -1.70. The average molecular weight is 426 g/mol. The monoisotopic (exact) mass is 425 g/mol. The molecule has 0 radical (unpaired) electrons. The molecule has 5 rings (SSSR count). The summed E-state index contributed by atoms with van der Waals surface area (Å²) in [6, 6.07) is 4.98. The highest BCUT2D eigenvalue weighted by molar-refractivity contribution is 7.97. The first-order chi connectivity index (χ1) is 12.8. The Morgan fingerprint density at radius 2 is 2.04 bits per heavy atom. The molecule has 2 bridgehead atoms. The van der Waals surface area contributed by atoms with Crippen LogP contribution < -0.4 is 10.6 Å². The molecule has 3 saturated carbocycles. The SMILES string of the molecule is CSCc1ccc(C(=O)NC23CC(C(=O)Nc4cnc(Cl)cc4Cl)(C2)C3)o1. The Bertz CT molecular complexity index is 911. The Morgan fingerprint density at radius 1 is 1.30 bits per heavy atom. The normalized spacial score (nSPS) is 25.3. The number of carbonyl (C=O) groups is 2. The maximum absolute atomic E-state index is 12.6. The van der Waals surface area contributed by atoms with Crippen LogP contribution in [-0.4, -0.2) is 28.6 Å². The van der Waals surface area contributed by atoms with Gasteiger partial charge in [-0.15, -0.1) is 0 Å². The summed E-state index contributed by atoms with van der Waals surface area (Å²) in [6.07, 6.45) is 5.23. The van der Waals surface area contributed by atoms with Crippen LogP contribution in [-0.2, 0) is 10.5 Å². The van der Waals surface area contributed by atoms with Crippen molar-refractivity contribution in [2.24, 2.45) is 5.41 Å². The first-order valence-electron chi connectivity index (χ1n) is 8.37. The van der Waals surface area contributed by atoms with Crippen molar-refractivity contribution in [2.45, 2.75) is 30.6 Å². The van der Waals surface area contributed by atoms with Crippen molar-refractivity contribution in [1.29, 1.82) is 0 Å². The number of furan rings is 1. The van der Waals surface area contributed by atoms with Gasteiger partial charge in [-0.1, -0.05) is 23.2 Å². The lowest BCUT2D eigenvalue weighted by molar-refractivity contribution is -0.172. The molecule has 6 nitrogen and oxygen atoms in total. The van der Waals surface area contributed by atoms with E-state index in [2.05, 4.69) is 15.6 Å². The van der Waals surface area contributed by atoms with Gasteiger partial charge in [-0.25, -0.2) is 4.98 Å². The largest absolute Gasteiger partial charge is 0.455 e. The van der Waals surface area contributed by atoms with E-state index in [1.807, 2.05) is 12.3 Å². The van der Waals surface area contributed by atoms with Crippen LogP contribution in [0.15, 0.2) is 28.8 Å². The van der Waals surface area contributed by atoms with Crippen molar-refractivity contribution < 1.29 is 14.0 Å². The number of rotatable bonds is 6. The summed E-state index contributed by atoms with van der Waals surface area (Å²) in [5.74, 6) is 1.46. The Kier molecular flexibility index (Phi) is 4.64. The zero-order valence-electron chi connectivity index (χ0n) is 14.5. The van der Waals surface area contributed by atoms with E-state index in [-0.39, 0.29) is 22.5 Å². The molecule has 2 amide bonds.